The van der Waals surface area contributed by atoms with E-state index in [2.05, 4.69) is 27.5 Å². The molecule has 2 aromatic rings. The second-order valence-electron chi connectivity index (χ2n) is 6.48. The van der Waals surface area contributed by atoms with Crippen LogP contribution in [0.3, 0.4) is 0 Å². The van der Waals surface area contributed by atoms with Crippen molar-refractivity contribution < 1.29 is 9.15 Å². The molecule has 6 heteroatoms. The molecule has 0 aromatic carbocycles. The van der Waals surface area contributed by atoms with Gasteiger partial charge in [-0.1, -0.05) is 0 Å². The topological polar surface area (TPSA) is 71.7 Å². The molecule has 2 N–H and O–H groups in total. The Morgan fingerprint density at radius 3 is 2.96 bits per heavy atom. The smallest absolute Gasteiger partial charge is 0.213 e. The second-order valence-corrected chi connectivity index (χ2v) is 6.48. The van der Waals surface area contributed by atoms with Crippen molar-refractivity contribution in [3.05, 3.63) is 48.0 Å². The van der Waals surface area contributed by atoms with Gasteiger partial charge < -0.3 is 19.8 Å². The monoisotopic (exact) mass is 356 g/mol. The highest BCUT2D eigenvalue weighted by Crippen LogP contribution is 2.23. The number of aliphatic imine (C=N–C) groups is 1. The van der Waals surface area contributed by atoms with Crippen molar-refractivity contribution in [1.29, 1.82) is 0 Å². The first-order valence-electron chi connectivity index (χ1n) is 9.49. The van der Waals surface area contributed by atoms with Gasteiger partial charge in [0.1, 0.15) is 11.9 Å². The average molecular weight is 356 g/mol. The Morgan fingerprint density at radius 2 is 2.19 bits per heavy atom. The van der Waals surface area contributed by atoms with Crippen molar-refractivity contribution in [2.24, 2.45) is 4.99 Å². The number of pyridine rings is 1. The van der Waals surface area contributed by atoms with Crippen molar-refractivity contribution in [2.75, 3.05) is 13.1 Å². The van der Waals surface area contributed by atoms with Crippen molar-refractivity contribution >= 4 is 5.96 Å². The van der Waals surface area contributed by atoms with Gasteiger partial charge in [-0.2, -0.15) is 0 Å². The maximum absolute atomic E-state index is 5.98. The van der Waals surface area contributed by atoms with Gasteiger partial charge in [0.2, 0.25) is 5.88 Å². The van der Waals surface area contributed by atoms with Crippen LogP contribution in [0.25, 0.3) is 0 Å². The number of hydrogen-bond acceptors (Lipinski definition) is 4. The first-order chi connectivity index (χ1) is 12.8. The molecule has 3 rings (SSSR count). The summed E-state index contributed by atoms with van der Waals surface area (Å²) in [7, 11) is 0. The summed E-state index contributed by atoms with van der Waals surface area (Å²) in [5, 5.41) is 6.60. The van der Waals surface area contributed by atoms with Crippen LogP contribution in [-0.4, -0.2) is 30.1 Å². The molecular weight excluding hydrogens is 328 g/mol. The molecule has 6 nitrogen and oxygen atoms in total. The summed E-state index contributed by atoms with van der Waals surface area (Å²) in [5.41, 5.74) is 1.09. The lowest BCUT2D eigenvalue weighted by Crippen LogP contribution is -2.38. The first kappa shape index (κ1) is 18.3. The van der Waals surface area contributed by atoms with E-state index >= 15 is 0 Å². The Bertz CT molecular complexity index is 679. The number of rotatable bonds is 8. The predicted molar refractivity (Wildman–Crippen MR) is 102 cm³/mol. The Kier molecular flexibility index (Phi) is 6.93. The molecule has 0 unspecified atom stereocenters. The summed E-state index contributed by atoms with van der Waals surface area (Å²) in [5.74, 6) is 2.48. The van der Waals surface area contributed by atoms with Crippen LogP contribution < -0.4 is 15.4 Å². The van der Waals surface area contributed by atoms with Gasteiger partial charge in [0.15, 0.2) is 5.96 Å². The van der Waals surface area contributed by atoms with Gasteiger partial charge in [0, 0.05) is 31.8 Å². The van der Waals surface area contributed by atoms with E-state index in [4.69, 9.17) is 9.15 Å². The zero-order valence-electron chi connectivity index (χ0n) is 15.4. The summed E-state index contributed by atoms with van der Waals surface area (Å²) in [6.45, 7) is 4.23. The number of ether oxygens (including phenoxy) is 1. The van der Waals surface area contributed by atoms with Crippen LogP contribution in [0, 0.1) is 0 Å². The molecule has 1 fully saturated rings. The summed E-state index contributed by atoms with van der Waals surface area (Å²) in [4.78, 5) is 8.99. The molecule has 1 aliphatic carbocycles. The van der Waals surface area contributed by atoms with Gasteiger partial charge in [0.25, 0.3) is 0 Å². The van der Waals surface area contributed by atoms with Gasteiger partial charge in [-0.3, -0.25) is 0 Å². The number of furan rings is 1. The molecule has 140 valence electrons. The third kappa shape index (κ3) is 5.79. The Hall–Kier alpha value is -2.50. The highest BCUT2D eigenvalue weighted by molar-refractivity contribution is 5.79. The molecule has 0 amide bonds. The fourth-order valence-corrected chi connectivity index (χ4v) is 3.06. The van der Waals surface area contributed by atoms with E-state index in [1.54, 1.807) is 12.5 Å². The number of aromatic nitrogens is 1. The van der Waals surface area contributed by atoms with Crippen molar-refractivity contribution in [1.82, 2.24) is 15.6 Å². The molecule has 2 aromatic heterocycles. The summed E-state index contributed by atoms with van der Waals surface area (Å²) in [6.07, 6.45) is 9.42. The third-order valence-electron chi connectivity index (χ3n) is 4.40. The van der Waals surface area contributed by atoms with Gasteiger partial charge >= 0.3 is 0 Å². The quantitative estimate of drug-likeness (QED) is 0.561. The van der Waals surface area contributed by atoms with Crippen LogP contribution in [0.1, 0.15) is 43.9 Å². The fraction of sp³-hybridized carbons (Fsp3) is 0.500. The number of nitrogens with zero attached hydrogens (tertiary/aromatic N) is 2. The van der Waals surface area contributed by atoms with Crippen molar-refractivity contribution in [3.8, 4) is 5.88 Å². The normalized spacial score (nSPS) is 15.2. The van der Waals surface area contributed by atoms with Crippen LogP contribution in [0.5, 0.6) is 5.88 Å². The highest BCUT2D eigenvalue weighted by atomic mass is 16.5. The van der Waals surface area contributed by atoms with Crippen LogP contribution in [0.2, 0.25) is 0 Å². The predicted octanol–water partition coefficient (Wildman–Crippen LogP) is 3.29. The van der Waals surface area contributed by atoms with E-state index in [9.17, 15) is 0 Å². The van der Waals surface area contributed by atoms with Crippen molar-refractivity contribution in [3.63, 3.8) is 0 Å². The van der Waals surface area contributed by atoms with Crippen LogP contribution in [-0.2, 0) is 13.0 Å². The minimum atomic E-state index is 0.321. The number of nitrogens with one attached hydrogen (secondary N) is 2. The average Bonchev–Trinajstić information content (AvgIpc) is 3.34. The van der Waals surface area contributed by atoms with Crippen molar-refractivity contribution in [2.45, 2.75) is 51.7 Å². The molecule has 0 atom stereocenters. The maximum Gasteiger partial charge on any atom is 0.213 e. The molecule has 26 heavy (non-hydrogen) atoms. The molecule has 0 spiro atoms. The van der Waals surface area contributed by atoms with E-state index in [0.717, 1.165) is 49.6 Å². The lowest BCUT2D eigenvalue weighted by Gasteiger charge is -2.13. The zero-order chi connectivity index (χ0) is 18.0. The van der Waals surface area contributed by atoms with Gasteiger partial charge in [-0.15, -0.1) is 0 Å². The number of hydrogen-bond donors (Lipinski definition) is 2. The van der Waals surface area contributed by atoms with E-state index in [1.165, 1.54) is 12.8 Å². The third-order valence-corrected chi connectivity index (χ3v) is 4.40. The van der Waals surface area contributed by atoms with E-state index in [-0.39, 0.29) is 0 Å². The summed E-state index contributed by atoms with van der Waals surface area (Å²) in [6, 6.07) is 7.86. The Morgan fingerprint density at radius 1 is 1.31 bits per heavy atom. The minimum absolute atomic E-state index is 0.321. The SMILES string of the molecule is CCNC(=NCc1ccnc(OC2CCCC2)c1)NCCc1ccco1. The fourth-order valence-electron chi connectivity index (χ4n) is 3.06. The minimum Gasteiger partial charge on any atom is -0.474 e. The molecule has 1 saturated carbocycles. The largest absolute Gasteiger partial charge is 0.474 e. The van der Waals surface area contributed by atoms with E-state index in [0.29, 0.717) is 18.5 Å². The molecule has 0 radical (unpaired) electrons. The van der Waals surface area contributed by atoms with E-state index < -0.39 is 0 Å². The number of guanidine groups is 1. The van der Waals surface area contributed by atoms with Gasteiger partial charge in [-0.05, 0) is 56.4 Å². The lowest BCUT2D eigenvalue weighted by molar-refractivity contribution is 0.201. The zero-order valence-corrected chi connectivity index (χ0v) is 15.4. The molecular formula is C20H28N4O2. The Balaban J connectivity index is 1.52. The summed E-state index contributed by atoms with van der Waals surface area (Å²) >= 11 is 0. The summed E-state index contributed by atoms with van der Waals surface area (Å²) < 4.78 is 11.3. The molecule has 1 aliphatic rings. The Labute approximate surface area is 155 Å². The standard InChI is InChI=1S/C20H28N4O2/c1-2-21-20(23-12-10-17-8-5-13-25-17)24-15-16-9-11-22-19(14-16)26-18-6-3-4-7-18/h5,8-9,11,13-14,18H,2-4,6-7,10,12,15H2,1H3,(H2,21,23,24). The maximum atomic E-state index is 5.98. The highest BCUT2D eigenvalue weighted by Gasteiger charge is 2.16. The second kappa shape index (κ2) is 9.85. The molecule has 0 saturated heterocycles. The molecule has 0 aliphatic heterocycles. The van der Waals surface area contributed by atoms with Gasteiger partial charge in [0.05, 0.1) is 12.8 Å². The van der Waals surface area contributed by atoms with E-state index in [1.807, 2.05) is 24.3 Å². The van der Waals surface area contributed by atoms with Crippen LogP contribution in [0.4, 0.5) is 0 Å². The van der Waals surface area contributed by atoms with Gasteiger partial charge in [-0.25, -0.2) is 9.98 Å². The molecule has 2 heterocycles. The van der Waals surface area contributed by atoms with Crippen LogP contribution >= 0.6 is 0 Å². The lowest BCUT2D eigenvalue weighted by atomic mass is 10.2. The first-order valence-corrected chi connectivity index (χ1v) is 9.49. The molecule has 0 bridgehead atoms. The van der Waals surface area contributed by atoms with Crippen LogP contribution in [0.15, 0.2) is 46.1 Å².